The number of hydrogen-bond donors (Lipinski definition) is 1. The Balaban J connectivity index is 1.58. The molecule has 0 unspecified atom stereocenters. The summed E-state index contributed by atoms with van der Waals surface area (Å²) in [4.78, 5) is 13.1. The molecular formula is C25H20BrF2N3O2. The first-order chi connectivity index (χ1) is 15.9. The predicted molar refractivity (Wildman–Crippen MR) is 125 cm³/mol. The summed E-state index contributed by atoms with van der Waals surface area (Å²) in [5.74, 6) is -0.895. The Morgan fingerprint density at radius 2 is 1.64 bits per heavy atom. The molecular weight excluding hydrogens is 492 g/mol. The van der Waals surface area contributed by atoms with Gasteiger partial charge in [-0.25, -0.2) is 8.78 Å². The van der Waals surface area contributed by atoms with Crippen LogP contribution in [0.15, 0.2) is 77.4 Å². The van der Waals surface area contributed by atoms with Gasteiger partial charge >= 0.3 is 0 Å². The molecule has 0 aliphatic heterocycles. The Morgan fingerprint density at radius 1 is 1.00 bits per heavy atom. The summed E-state index contributed by atoms with van der Waals surface area (Å²) in [6.07, 6.45) is 1.59. The van der Waals surface area contributed by atoms with E-state index in [9.17, 15) is 13.6 Å². The molecule has 1 amide bonds. The van der Waals surface area contributed by atoms with Crippen LogP contribution in [0, 0.1) is 18.6 Å². The summed E-state index contributed by atoms with van der Waals surface area (Å²) in [5, 5.41) is 7.31. The zero-order valence-electron chi connectivity index (χ0n) is 17.7. The van der Waals surface area contributed by atoms with Gasteiger partial charge in [-0.05, 0) is 66.1 Å². The van der Waals surface area contributed by atoms with Crippen LogP contribution in [-0.2, 0) is 13.2 Å². The molecule has 0 fully saturated rings. The van der Waals surface area contributed by atoms with Crippen molar-refractivity contribution in [3.63, 3.8) is 0 Å². The number of hydrogen-bond acceptors (Lipinski definition) is 3. The number of halogens is 3. The van der Waals surface area contributed by atoms with Crippen molar-refractivity contribution in [2.24, 2.45) is 0 Å². The molecule has 4 rings (SSSR count). The molecule has 0 spiro atoms. The normalized spacial score (nSPS) is 10.8. The van der Waals surface area contributed by atoms with Crippen LogP contribution in [-0.4, -0.2) is 15.7 Å². The van der Waals surface area contributed by atoms with Crippen LogP contribution in [0.5, 0.6) is 5.88 Å². The van der Waals surface area contributed by atoms with Crippen LogP contribution in [0.4, 0.5) is 14.5 Å². The molecule has 8 heteroatoms. The molecule has 33 heavy (non-hydrogen) atoms. The van der Waals surface area contributed by atoms with Crippen molar-refractivity contribution in [1.29, 1.82) is 0 Å². The molecule has 0 radical (unpaired) electrons. The second-order valence-corrected chi connectivity index (χ2v) is 8.42. The molecule has 1 aromatic heterocycles. The molecule has 0 atom stereocenters. The van der Waals surface area contributed by atoms with Crippen LogP contribution in [0.3, 0.4) is 0 Å². The van der Waals surface area contributed by atoms with Crippen molar-refractivity contribution in [3.8, 4) is 5.88 Å². The Kier molecular flexibility index (Phi) is 6.84. The molecule has 4 aromatic rings. The van der Waals surface area contributed by atoms with E-state index < -0.39 is 0 Å². The molecule has 5 nitrogen and oxygen atoms in total. The fourth-order valence-corrected chi connectivity index (χ4v) is 3.69. The number of ether oxygens (including phenoxy) is 1. The van der Waals surface area contributed by atoms with Gasteiger partial charge in [0.25, 0.3) is 5.91 Å². The van der Waals surface area contributed by atoms with Crippen molar-refractivity contribution >= 4 is 27.5 Å². The third-order valence-electron chi connectivity index (χ3n) is 4.96. The van der Waals surface area contributed by atoms with Crippen LogP contribution in [0.25, 0.3) is 0 Å². The molecule has 168 valence electrons. The minimum atomic E-state index is -0.375. The molecule has 0 saturated heterocycles. The van der Waals surface area contributed by atoms with Crippen molar-refractivity contribution in [2.75, 3.05) is 5.32 Å². The minimum absolute atomic E-state index is 0.117. The lowest BCUT2D eigenvalue weighted by molar-refractivity contribution is 0.102. The van der Waals surface area contributed by atoms with E-state index in [0.717, 1.165) is 21.2 Å². The molecule has 0 aliphatic rings. The van der Waals surface area contributed by atoms with Crippen molar-refractivity contribution in [3.05, 3.63) is 111 Å². The number of benzene rings is 3. The Hall–Kier alpha value is -3.52. The maximum atomic E-state index is 13.2. The van der Waals surface area contributed by atoms with Crippen molar-refractivity contribution in [1.82, 2.24) is 9.78 Å². The molecule has 0 aliphatic carbocycles. The highest BCUT2D eigenvalue weighted by Crippen LogP contribution is 2.24. The zero-order chi connectivity index (χ0) is 23.4. The first-order valence-electron chi connectivity index (χ1n) is 10.1. The Bertz CT molecular complexity index is 1270. The van der Waals surface area contributed by atoms with Gasteiger partial charge in [-0.1, -0.05) is 40.2 Å². The van der Waals surface area contributed by atoms with Gasteiger partial charge in [-0.2, -0.15) is 0 Å². The van der Waals surface area contributed by atoms with Gasteiger partial charge in [-0.3, -0.25) is 9.48 Å². The third-order valence-corrected chi connectivity index (χ3v) is 5.45. The van der Waals surface area contributed by atoms with E-state index in [-0.39, 0.29) is 35.6 Å². The van der Waals surface area contributed by atoms with Crippen molar-refractivity contribution in [2.45, 2.75) is 20.1 Å². The minimum Gasteiger partial charge on any atom is -0.471 e. The fraction of sp³-hybridized carbons (Fsp3) is 0.120. The number of carbonyl (C=O) groups excluding carboxylic acids is 1. The summed E-state index contributed by atoms with van der Waals surface area (Å²) in [7, 11) is 0. The van der Waals surface area contributed by atoms with Crippen molar-refractivity contribution < 1.29 is 18.3 Å². The van der Waals surface area contributed by atoms with Gasteiger partial charge in [0.15, 0.2) is 0 Å². The van der Waals surface area contributed by atoms with E-state index in [4.69, 9.17) is 4.74 Å². The van der Waals surface area contributed by atoms with Gasteiger partial charge < -0.3 is 10.1 Å². The lowest BCUT2D eigenvalue weighted by Crippen LogP contribution is -2.13. The number of nitrogens with zero attached hydrogens (tertiary/aromatic N) is 2. The van der Waals surface area contributed by atoms with Gasteiger partial charge in [0.2, 0.25) is 5.88 Å². The van der Waals surface area contributed by atoms with E-state index in [1.165, 1.54) is 24.3 Å². The van der Waals surface area contributed by atoms with Crippen LogP contribution < -0.4 is 10.1 Å². The first kappa shape index (κ1) is 22.7. The van der Waals surface area contributed by atoms with Gasteiger partial charge in [-0.15, -0.1) is 5.10 Å². The molecule has 0 bridgehead atoms. The summed E-state index contributed by atoms with van der Waals surface area (Å²) in [5.41, 5.74) is 3.37. The summed E-state index contributed by atoms with van der Waals surface area (Å²) < 4.78 is 34.7. The summed E-state index contributed by atoms with van der Waals surface area (Å²) in [6.45, 7) is 2.34. The highest BCUT2D eigenvalue weighted by molar-refractivity contribution is 9.10. The van der Waals surface area contributed by atoms with E-state index >= 15 is 0 Å². The monoisotopic (exact) mass is 511 g/mol. The maximum absolute atomic E-state index is 13.2. The SMILES string of the molecule is Cc1cc(Br)ccc1NC(=O)c1cn(Cc2ccc(F)cc2)nc1OCc1ccc(F)cc1. The number of aryl methyl sites for hydroxylation is 1. The Morgan fingerprint density at radius 3 is 2.27 bits per heavy atom. The lowest BCUT2D eigenvalue weighted by Gasteiger charge is -2.09. The maximum Gasteiger partial charge on any atom is 0.262 e. The first-order valence-corrected chi connectivity index (χ1v) is 10.9. The molecule has 1 heterocycles. The standard InChI is InChI=1S/C25H20BrF2N3O2/c1-16-12-19(26)6-11-23(16)29-24(32)22-14-31(13-17-2-7-20(27)8-3-17)30-25(22)33-15-18-4-9-21(28)10-5-18/h2-12,14H,13,15H2,1H3,(H,29,32). The molecule has 1 N–H and O–H groups in total. The highest BCUT2D eigenvalue weighted by atomic mass is 79.9. The van der Waals surface area contributed by atoms with Gasteiger partial charge in [0.1, 0.15) is 23.8 Å². The quantitative estimate of drug-likeness (QED) is 0.325. The zero-order valence-corrected chi connectivity index (χ0v) is 19.3. The predicted octanol–water partition coefficient (Wildman–Crippen LogP) is 6.11. The van der Waals surface area contributed by atoms with Gasteiger partial charge in [0, 0.05) is 16.4 Å². The average Bonchev–Trinajstić information content (AvgIpc) is 3.19. The second kappa shape index (κ2) is 9.95. The number of carbonyl (C=O) groups is 1. The molecule has 0 saturated carbocycles. The highest BCUT2D eigenvalue weighted by Gasteiger charge is 2.19. The van der Waals surface area contributed by atoms with Gasteiger partial charge in [0.05, 0.1) is 6.54 Å². The number of nitrogens with one attached hydrogen (secondary N) is 1. The smallest absolute Gasteiger partial charge is 0.262 e. The van der Waals surface area contributed by atoms with E-state index in [1.54, 1.807) is 41.2 Å². The second-order valence-electron chi connectivity index (χ2n) is 7.50. The fourth-order valence-electron chi connectivity index (χ4n) is 3.21. The number of rotatable bonds is 7. The van der Waals surface area contributed by atoms with E-state index in [1.807, 2.05) is 19.1 Å². The molecule has 3 aromatic carbocycles. The number of amides is 1. The third kappa shape index (κ3) is 5.84. The largest absolute Gasteiger partial charge is 0.471 e. The summed E-state index contributed by atoms with van der Waals surface area (Å²) in [6, 6.07) is 17.5. The van der Waals surface area contributed by atoms with E-state index in [0.29, 0.717) is 12.2 Å². The van der Waals surface area contributed by atoms with Crippen LogP contribution >= 0.6 is 15.9 Å². The van der Waals surface area contributed by atoms with E-state index in [2.05, 4.69) is 26.3 Å². The van der Waals surface area contributed by atoms with Crippen LogP contribution in [0.1, 0.15) is 27.0 Å². The van der Waals surface area contributed by atoms with Crippen LogP contribution in [0.2, 0.25) is 0 Å². The topological polar surface area (TPSA) is 56.2 Å². The Labute approximate surface area is 198 Å². The number of anilines is 1. The average molecular weight is 512 g/mol. The summed E-state index contributed by atoms with van der Waals surface area (Å²) >= 11 is 3.41. The lowest BCUT2D eigenvalue weighted by atomic mass is 10.2. The number of aromatic nitrogens is 2.